The molecule has 0 saturated carbocycles. The highest BCUT2D eigenvalue weighted by Gasteiger charge is 2.72. The molecule has 4 heteroatoms. The Kier molecular flexibility index (Phi) is 2.43. The van der Waals surface area contributed by atoms with Crippen LogP contribution in [0.4, 0.5) is 0 Å². The van der Waals surface area contributed by atoms with Crippen LogP contribution in [0.3, 0.4) is 0 Å². The first-order chi connectivity index (χ1) is 8.58. The normalized spacial score (nSPS) is 44.6. The van der Waals surface area contributed by atoms with Crippen LogP contribution >= 0.6 is 0 Å². The second kappa shape index (κ2) is 3.67. The van der Waals surface area contributed by atoms with Crippen molar-refractivity contribution in [1.82, 2.24) is 0 Å². The number of carbonyl (C=O) groups excluding carboxylic acids is 2. The van der Waals surface area contributed by atoms with Crippen molar-refractivity contribution < 1.29 is 19.1 Å². The lowest BCUT2D eigenvalue weighted by Gasteiger charge is -2.27. The summed E-state index contributed by atoms with van der Waals surface area (Å²) in [5.41, 5.74) is -1.20. The first kappa shape index (κ1) is 11.9. The molecule has 0 aliphatic carbocycles. The van der Waals surface area contributed by atoms with Crippen molar-refractivity contribution in [2.24, 2.45) is 11.8 Å². The van der Waals surface area contributed by atoms with E-state index in [1.54, 1.807) is 0 Å². The van der Waals surface area contributed by atoms with Crippen molar-refractivity contribution in [3.63, 3.8) is 0 Å². The number of fused-ring (bicyclic) bond motifs is 5. The molecular weight excluding hydrogens is 232 g/mol. The standard InChI is InChI=1S/C14H18O4/c1-3-5-13-7-8-14(18-13,6-4-2)10-9(13)11(15)17-12(10)16/h7-10H,3-6H2,1-2H3/t9?,10?,13-,14+. The fourth-order valence-corrected chi connectivity index (χ4v) is 3.86. The fourth-order valence-electron chi connectivity index (χ4n) is 3.86. The molecule has 3 aliphatic rings. The Bertz CT molecular complexity index is 403. The number of cyclic esters (lactones) is 2. The van der Waals surface area contributed by atoms with Crippen molar-refractivity contribution in [1.29, 1.82) is 0 Å². The molecule has 2 bridgehead atoms. The fraction of sp³-hybridized carbons (Fsp3) is 0.714. The molecule has 3 rings (SSSR count). The molecule has 3 heterocycles. The van der Waals surface area contributed by atoms with Crippen molar-refractivity contribution in [2.45, 2.75) is 50.7 Å². The number of carbonyl (C=O) groups is 2. The lowest BCUT2D eigenvalue weighted by molar-refractivity contribution is -0.162. The molecule has 98 valence electrons. The summed E-state index contributed by atoms with van der Waals surface area (Å²) in [5, 5.41) is 0. The van der Waals surface area contributed by atoms with Gasteiger partial charge in [0.2, 0.25) is 0 Å². The van der Waals surface area contributed by atoms with Gasteiger partial charge in [-0.25, -0.2) is 0 Å². The van der Waals surface area contributed by atoms with E-state index >= 15 is 0 Å². The van der Waals surface area contributed by atoms with Gasteiger partial charge in [-0.15, -0.1) is 0 Å². The van der Waals surface area contributed by atoms with Crippen LogP contribution in [0.1, 0.15) is 39.5 Å². The lowest BCUT2D eigenvalue weighted by Crippen LogP contribution is -2.39. The molecule has 0 radical (unpaired) electrons. The Morgan fingerprint density at radius 1 is 1.00 bits per heavy atom. The van der Waals surface area contributed by atoms with Crippen molar-refractivity contribution in [3.8, 4) is 0 Å². The zero-order chi connectivity index (χ0) is 13.0. The zero-order valence-electron chi connectivity index (χ0n) is 10.8. The minimum absolute atomic E-state index is 0.402. The molecule has 18 heavy (non-hydrogen) atoms. The van der Waals surface area contributed by atoms with Gasteiger partial charge < -0.3 is 9.47 Å². The summed E-state index contributed by atoms with van der Waals surface area (Å²) in [6.07, 6.45) is 7.34. The van der Waals surface area contributed by atoms with Crippen LogP contribution in [0, 0.1) is 11.8 Å². The third-order valence-corrected chi connectivity index (χ3v) is 4.40. The Balaban J connectivity index is 2.05. The average molecular weight is 250 g/mol. The van der Waals surface area contributed by atoms with E-state index in [9.17, 15) is 9.59 Å². The van der Waals surface area contributed by atoms with Crippen LogP contribution in [0.2, 0.25) is 0 Å². The van der Waals surface area contributed by atoms with Gasteiger partial charge in [0.25, 0.3) is 0 Å². The highest BCUT2D eigenvalue weighted by molar-refractivity contribution is 5.99. The summed E-state index contributed by atoms with van der Waals surface area (Å²) in [6, 6.07) is 0. The van der Waals surface area contributed by atoms with E-state index in [2.05, 4.69) is 13.8 Å². The smallest absolute Gasteiger partial charge is 0.320 e. The predicted octanol–water partition coefficient (Wildman–Crippen LogP) is 1.98. The van der Waals surface area contributed by atoms with Gasteiger partial charge >= 0.3 is 11.9 Å². The van der Waals surface area contributed by atoms with Crippen molar-refractivity contribution in [2.75, 3.05) is 0 Å². The van der Waals surface area contributed by atoms with Gasteiger partial charge in [-0.05, 0) is 12.8 Å². The zero-order valence-corrected chi connectivity index (χ0v) is 10.8. The Morgan fingerprint density at radius 2 is 1.44 bits per heavy atom. The molecule has 0 N–H and O–H groups in total. The van der Waals surface area contributed by atoms with E-state index in [-0.39, 0.29) is 0 Å². The molecule has 2 fully saturated rings. The van der Waals surface area contributed by atoms with E-state index in [1.807, 2.05) is 12.2 Å². The van der Waals surface area contributed by atoms with Crippen LogP contribution in [-0.4, -0.2) is 23.1 Å². The van der Waals surface area contributed by atoms with Crippen molar-refractivity contribution in [3.05, 3.63) is 12.2 Å². The quantitative estimate of drug-likeness (QED) is 0.435. The molecule has 0 spiro atoms. The third-order valence-electron chi connectivity index (χ3n) is 4.40. The second-order valence-corrected chi connectivity index (χ2v) is 5.54. The van der Waals surface area contributed by atoms with Crippen LogP contribution in [0.15, 0.2) is 12.2 Å². The molecule has 2 unspecified atom stereocenters. The van der Waals surface area contributed by atoms with Crippen LogP contribution in [-0.2, 0) is 19.1 Å². The molecule has 0 aromatic carbocycles. The molecule has 0 amide bonds. The maximum atomic E-state index is 11.9. The van der Waals surface area contributed by atoms with E-state index in [0.29, 0.717) is 0 Å². The monoisotopic (exact) mass is 250 g/mol. The van der Waals surface area contributed by atoms with Gasteiger partial charge in [-0.1, -0.05) is 38.8 Å². The Morgan fingerprint density at radius 3 is 1.83 bits per heavy atom. The summed E-state index contributed by atoms with van der Waals surface area (Å²) in [7, 11) is 0. The van der Waals surface area contributed by atoms with Crippen molar-refractivity contribution >= 4 is 11.9 Å². The number of rotatable bonds is 4. The highest BCUT2D eigenvalue weighted by Crippen LogP contribution is 2.59. The molecule has 2 saturated heterocycles. The molecule has 3 aliphatic heterocycles. The molecular formula is C14H18O4. The lowest BCUT2D eigenvalue weighted by atomic mass is 9.69. The van der Waals surface area contributed by atoms with Gasteiger partial charge in [0.1, 0.15) is 23.0 Å². The van der Waals surface area contributed by atoms with E-state index in [4.69, 9.17) is 9.47 Å². The highest BCUT2D eigenvalue weighted by atomic mass is 16.6. The Hall–Kier alpha value is -1.16. The number of ether oxygens (including phenoxy) is 2. The van der Waals surface area contributed by atoms with Gasteiger partial charge in [-0.2, -0.15) is 0 Å². The van der Waals surface area contributed by atoms with E-state index in [0.717, 1.165) is 25.7 Å². The minimum atomic E-state index is -0.599. The minimum Gasteiger partial charge on any atom is -0.393 e. The molecule has 0 aromatic heterocycles. The van der Waals surface area contributed by atoms with E-state index in [1.165, 1.54) is 0 Å². The summed E-state index contributed by atoms with van der Waals surface area (Å²) in [6.45, 7) is 4.11. The summed E-state index contributed by atoms with van der Waals surface area (Å²) in [5.74, 6) is -1.66. The van der Waals surface area contributed by atoms with Gasteiger partial charge in [0.05, 0.1) is 0 Å². The maximum absolute atomic E-state index is 11.9. The summed E-state index contributed by atoms with van der Waals surface area (Å²) < 4.78 is 11.1. The number of esters is 2. The topological polar surface area (TPSA) is 52.6 Å². The largest absolute Gasteiger partial charge is 0.393 e. The summed E-state index contributed by atoms with van der Waals surface area (Å²) >= 11 is 0. The Labute approximate surface area is 106 Å². The predicted molar refractivity (Wildman–Crippen MR) is 63.6 cm³/mol. The SMILES string of the molecule is CCC[C@@]12C=C[C@@](CCC)(O1)C1C(=O)OC(=O)C12. The van der Waals surface area contributed by atoms with Crippen LogP contribution in [0.5, 0.6) is 0 Å². The third kappa shape index (κ3) is 1.24. The van der Waals surface area contributed by atoms with E-state index < -0.39 is 35.0 Å². The van der Waals surface area contributed by atoms with Gasteiger partial charge in [0, 0.05) is 0 Å². The maximum Gasteiger partial charge on any atom is 0.320 e. The second-order valence-electron chi connectivity index (χ2n) is 5.54. The number of hydrogen-bond donors (Lipinski definition) is 0. The first-order valence-electron chi connectivity index (χ1n) is 6.74. The molecule has 0 aromatic rings. The van der Waals surface area contributed by atoms with Gasteiger partial charge in [0.15, 0.2) is 0 Å². The van der Waals surface area contributed by atoms with Crippen LogP contribution < -0.4 is 0 Å². The molecule has 4 atom stereocenters. The van der Waals surface area contributed by atoms with Crippen LogP contribution in [0.25, 0.3) is 0 Å². The summed E-state index contributed by atoms with van der Waals surface area (Å²) in [4.78, 5) is 23.9. The number of hydrogen-bond acceptors (Lipinski definition) is 4. The molecule has 4 nitrogen and oxygen atoms in total. The average Bonchev–Trinajstić information content (AvgIpc) is 2.89. The first-order valence-corrected chi connectivity index (χ1v) is 6.74. The van der Waals surface area contributed by atoms with Gasteiger partial charge in [-0.3, -0.25) is 9.59 Å².